The zero-order valence-electron chi connectivity index (χ0n) is 12.3. The molecule has 1 aromatic heterocycles. The van der Waals surface area contributed by atoms with E-state index in [1.165, 1.54) is 0 Å². The van der Waals surface area contributed by atoms with E-state index in [-0.39, 0.29) is 5.75 Å². The molecule has 112 valence electrons. The molecule has 2 rings (SSSR count). The molecular formula is C16H20N2O2S. The minimum atomic E-state index is -3.24. The number of nitrogens with zero attached hydrogens (tertiary/aromatic N) is 1. The van der Waals surface area contributed by atoms with Crippen LogP contribution in [0.1, 0.15) is 25.3 Å². The average Bonchev–Trinajstić information content (AvgIpc) is 2.46. The number of anilines is 1. The van der Waals surface area contributed by atoms with E-state index in [9.17, 15) is 8.42 Å². The topological polar surface area (TPSA) is 59.1 Å². The van der Waals surface area contributed by atoms with E-state index in [0.29, 0.717) is 12.1 Å². The minimum Gasteiger partial charge on any atom is -0.284 e. The molecule has 0 fully saturated rings. The summed E-state index contributed by atoms with van der Waals surface area (Å²) < 4.78 is 26.3. The Morgan fingerprint density at radius 2 is 1.86 bits per heavy atom. The first kappa shape index (κ1) is 15.5. The van der Waals surface area contributed by atoms with Crippen LogP contribution in [0.15, 0.2) is 42.7 Å². The third-order valence-corrected chi connectivity index (χ3v) is 4.65. The second kappa shape index (κ2) is 6.72. The first-order valence-electron chi connectivity index (χ1n) is 7.03. The van der Waals surface area contributed by atoms with Crippen LogP contribution in [0.2, 0.25) is 0 Å². The Morgan fingerprint density at radius 3 is 2.48 bits per heavy atom. The fraction of sp³-hybridized carbons (Fsp3) is 0.312. The molecule has 21 heavy (non-hydrogen) atoms. The molecule has 1 aromatic carbocycles. The molecule has 0 aliphatic carbocycles. The highest BCUT2D eigenvalue weighted by molar-refractivity contribution is 7.92. The number of rotatable bonds is 6. The predicted molar refractivity (Wildman–Crippen MR) is 86.7 cm³/mol. The van der Waals surface area contributed by atoms with Crippen LogP contribution < -0.4 is 4.72 Å². The number of pyridine rings is 1. The summed E-state index contributed by atoms with van der Waals surface area (Å²) in [4.78, 5) is 4.13. The normalized spacial score (nSPS) is 11.3. The van der Waals surface area contributed by atoms with Crippen molar-refractivity contribution in [2.24, 2.45) is 0 Å². The van der Waals surface area contributed by atoms with Crippen LogP contribution in [0.3, 0.4) is 0 Å². The van der Waals surface area contributed by atoms with Crippen molar-refractivity contribution in [1.82, 2.24) is 4.98 Å². The van der Waals surface area contributed by atoms with Crippen LogP contribution in [0.5, 0.6) is 0 Å². The molecule has 0 unspecified atom stereocenters. The lowest BCUT2D eigenvalue weighted by atomic mass is 10.0. The number of sulfonamides is 1. The number of nitrogens with one attached hydrogen (secondary N) is 1. The van der Waals surface area contributed by atoms with E-state index in [2.05, 4.69) is 9.71 Å². The van der Waals surface area contributed by atoms with E-state index >= 15 is 0 Å². The van der Waals surface area contributed by atoms with Gasteiger partial charge in [0, 0.05) is 23.6 Å². The molecule has 2 aromatic rings. The molecule has 0 atom stereocenters. The largest absolute Gasteiger partial charge is 0.284 e. The molecular weight excluding hydrogens is 284 g/mol. The molecule has 5 heteroatoms. The second-order valence-electron chi connectivity index (χ2n) is 5.04. The SMILES string of the molecule is CCCCS(=O)(=O)Nc1ccc(-c2cnccc2C)cc1. The predicted octanol–water partition coefficient (Wildman–Crippen LogP) is 3.60. The Morgan fingerprint density at radius 1 is 1.14 bits per heavy atom. The Kier molecular flexibility index (Phi) is 4.96. The van der Waals surface area contributed by atoms with E-state index in [4.69, 9.17) is 0 Å². The molecule has 0 radical (unpaired) electrons. The monoisotopic (exact) mass is 304 g/mol. The molecule has 0 saturated heterocycles. The number of aryl methyl sites for hydroxylation is 1. The Labute approximate surface area is 126 Å². The summed E-state index contributed by atoms with van der Waals surface area (Å²) in [5, 5.41) is 0. The van der Waals surface area contributed by atoms with Crippen molar-refractivity contribution in [3.05, 3.63) is 48.3 Å². The summed E-state index contributed by atoms with van der Waals surface area (Å²) in [7, 11) is -3.24. The summed E-state index contributed by atoms with van der Waals surface area (Å²) in [6.07, 6.45) is 5.10. The van der Waals surface area contributed by atoms with Gasteiger partial charge in [0.25, 0.3) is 0 Å². The lowest BCUT2D eigenvalue weighted by Crippen LogP contribution is -2.16. The van der Waals surface area contributed by atoms with Gasteiger partial charge in [0.2, 0.25) is 10.0 Å². The Balaban J connectivity index is 2.15. The molecule has 0 amide bonds. The van der Waals surface area contributed by atoms with Crippen LogP contribution in [0, 0.1) is 6.92 Å². The third-order valence-electron chi connectivity index (χ3n) is 3.27. The van der Waals surface area contributed by atoms with Gasteiger partial charge in [0.1, 0.15) is 0 Å². The van der Waals surface area contributed by atoms with Crippen LogP contribution >= 0.6 is 0 Å². The highest BCUT2D eigenvalue weighted by Crippen LogP contribution is 2.24. The van der Waals surface area contributed by atoms with Gasteiger partial charge in [0.05, 0.1) is 5.75 Å². The van der Waals surface area contributed by atoms with Gasteiger partial charge in [-0.3, -0.25) is 9.71 Å². The molecule has 4 nitrogen and oxygen atoms in total. The van der Waals surface area contributed by atoms with Crippen molar-refractivity contribution in [2.45, 2.75) is 26.7 Å². The van der Waals surface area contributed by atoms with Crippen LogP contribution in [0.25, 0.3) is 11.1 Å². The van der Waals surface area contributed by atoms with Gasteiger partial charge in [-0.2, -0.15) is 0 Å². The van der Waals surface area contributed by atoms with Crippen molar-refractivity contribution in [3.63, 3.8) is 0 Å². The summed E-state index contributed by atoms with van der Waals surface area (Å²) in [5.74, 6) is 0.160. The fourth-order valence-corrected chi connectivity index (χ4v) is 3.31. The van der Waals surface area contributed by atoms with Gasteiger partial charge >= 0.3 is 0 Å². The molecule has 0 aliphatic heterocycles. The van der Waals surface area contributed by atoms with Gasteiger partial charge in [-0.05, 0) is 42.7 Å². The number of aromatic nitrogens is 1. The van der Waals surface area contributed by atoms with Crippen molar-refractivity contribution in [3.8, 4) is 11.1 Å². The zero-order chi connectivity index (χ0) is 15.3. The highest BCUT2D eigenvalue weighted by atomic mass is 32.2. The maximum Gasteiger partial charge on any atom is 0.232 e. The lowest BCUT2D eigenvalue weighted by molar-refractivity contribution is 0.598. The van der Waals surface area contributed by atoms with E-state index in [1.807, 2.05) is 38.2 Å². The van der Waals surface area contributed by atoms with Gasteiger partial charge in [-0.1, -0.05) is 25.5 Å². The van der Waals surface area contributed by atoms with Crippen molar-refractivity contribution >= 4 is 15.7 Å². The van der Waals surface area contributed by atoms with Crippen LogP contribution in [-0.4, -0.2) is 19.2 Å². The first-order chi connectivity index (χ1) is 10.0. The van der Waals surface area contributed by atoms with Crippen molar-refractivity contribution < 1.29 is 8.42 Å². The van der Waals surface area contributed by atoms with Crippen LogP contribution in [0.4, 0.5) is 5.69 Å². The Hall–Kier alpha value is -1.88. The maximum atomic E-state index is 11.8. The smallest absolute Gasteiger partial charge is 0.232 e. The minimum absolute atomic E-state index is 0.160. The fourth-order valence-electron chi connectivity index (χ4n) is 2.05. The number of unbranched alkanes of at least 4 members (excludes halogenated alkanes) is 1. The maximum absolute atomic E-state index is 11.8. The second-order valence-corrected chi connectivity index (χ2v) is 6.88. The zero-order valence-corrected chi connectivity index (χ0v) is 13.2. The highest BCUT2D eigenvalue weighted by Gasteiger charge is 2.09. The molecule has 0 spiro atoms. The summed E-state index contributed by atoms with van der Waals surface area (Å²) in [6.45, 7) is 4.00. The quantitative estimate of drug-likeness (QED) is 0.887. The number of hydrogen-bond acceptors (Lipinski definition) is 3. The van der Waals surface area contributed by atoms with E-state index in [1.54, 1.807) is 18.3 Å². The van der Waals surface area contributed by atoms with Gasteiger partial charge in [-0.15, -0.1) is 0 Å². The van der Waals surface area contributed by atoms with Crippen LogP contribution in [-0.2, 0) is 10.0 Å². The summed E-state index contributed by atoms with van der Waals surface area (Å²) >= 11 is 0. The number of hydrogen-bond donors (Lipinski definition) is 1. The molecule has 0 aliphatic rings. The summed E-state index contributed by atoms with van der Waals surface area (Å²) in [6, 6.07) is 9.33. The molecule has 1 N–H and O–H groups in total. The number of benzene rings is 1. The average molecular weight is 304 g/mol. The van der Waals surface area contributed by atoms with E-state index < -0.39 is 10.0 Å². The standard InChI is InChI=1S/C16H20N2O2S/c1-3-4-11-21(19,20)18-15-7-5-14(6-8-15)16-12-17-10-9-13(16)2/h5-10,12,18H,3-4,11H2,1-2H3. The van der Waals surface area contributed by atoms with Crippen molar-refractivity contribution in [1.29, 1.82) is 0 Å². The molecule has 0 bridgehead atoms. The first-order valence-corrected chi connectivity index (χ1v) is 8.68. The van der Waals surface area contributed by atoms with Gasteiger partial charge in [-0.25, -0.2) is 8.42 Å². The molecule has 0 saturated carbocycles. The lowest BCUT2D eigenvalue weighted by Gasteiger charge is -2.09. The third kappa shape index (κ3) is 4.29. The van der Waals surface area contributed by atoms with Crippen molar-refractivity contribution in [2.75, 3.05) is 10.5 Å². The summed E-state index contributed by atoms with van der Waals surface area (Å²) in [5.41, 5.74) is 3.81. The Bertz CT molecular complexity index is 694. The van der Waals surface area contributed by atoms with E-state index in [0.717, 1.165) is 23.1 Å². The van der Waals surface area contributed by atoms with Gasteiger partial charge in [0.15, 0.2) is 0 Å². The molecule has 1 heterocycles. The van der Waals surface area contributed by atoms with Gasteiger partial charge < -0.3 is 0 Å².